The summed E-state index contributed by atoms with van der Waals surface area (Å²) in [5.41, 5.74) is 2.34. The minimum atomic E-state index is 0.209. The standard InChI is InChI=1S/C22H25N5OS/c1-14-23-12-21(29-14)16-4-5-18(20(28)10-16)19-6-7-22(26-25-19)27-9-8-17(13-27)24-11-15-2-3-15/h4-7,10,12,15,17,24,28H,2-3,8-9,11,13H2,1H3/t17-/m0/s1. The first-order chi connectivity index (χ1) is 14.2. The summed E-state index contributed by atoms with van der Waals surface area (Å²) in [5.74, 6) is 2.02. The third kappa shape index (κ3) is 4.11. The number of aromatic hydroxyl groups is 1. The molecule has 1 aliphatic heterocycles. The van der Waals surface area contributed by atoms with Crippen LogP contribution < -0.4 is 10.2 Å². The van der Waals surface area contributed by atoms with Gasteiger partial charge in [0.25, 0.3) is 0 Å². The third-order valence-electron chi connectivity index (χ3n) is 5.73. The molecule has 2 aromatic heterocycles. The van der Waals surface area contributed by atoms with Crippen molar-refractivity contribution in [3.8, 4) is 27.4 Å². The molecule has 1 aromatic carbocycles. The molecule has 3 aromatic rings. The number of aromatic nitrogens is 3. The maximum Gasteiger partial charge on any atom is 0.151 e. The summed E-state index contributed by atoms with van der Waals surface area (Å²) < 4.78 is 0. The lowest BCUT2D eigenvalue weighted by Gasteiger charge is -2.17. The summed E-state index contributed by atoms with van der Waals surface area (Å²) in [6, 6.07) is 10.2. The molecule has 2 N–H and O–H groups in total. The first kappa shape index (κ1) is 18.5. The lowest BCUT2D eigenvalue weighted by molar-refractivity contribution is 0.477. The van der Waals surface area contributed by atoms with Crippen LogP contribution in [0.5, 0.6) is 5.75 Å². The van der Waals surface area contributed by atoms with Crippen LogP contribution in [0.25, 0.3) is 21.7 Å². The molecule has 0 radical (unpaired) electrons. The van der Waals surface area contributed by atoms with Gasteiger partial charge in [-0.3, -0.25) is 0 Å². The molecule has 0 bridgehead atoms. The fourth-order valence-electron chi connectivity index (χ4n) is 3.82. The fraction of sp³-hybridized carbons (Fsp3) is 0.409. The average molecular weight is 408 g/mol. The van der Waals surface area contributed by atoms with Crippen molar-refractivity contribution in [2.45, 2.75) is 32.2 Å². The highest BCUT2D eigenvalue weighted by molar-refractivity contribution is 7.15. The number of aryl methyl sites for hydroxylation is 1. The summed E-state index contributed by atoms with van der Waals surface area (Å²) in [6.07, 6.45) is 5.75. The lowest BCUT2D eigenvalue weighted by atomic mass is 10.1. The summed E-state index contributed by atoms with van der Waals surface area (Å²) in [6.45, 7) is 5.12. The first-order valence-electron chi connectivity index (χ1n) is 10.2. The Hall–Kier alpha value is -2.51. The van der Waals surface area contributed by atoms with Crippen molar-refractivity contribution in [2.75, 3.05) is 24.5 Å². The molecular weight excluding hydrogens is 382 g/mol. The van der Waals surface area contributed by atoms with Crippen molar-refractivity contribution in [3.05, 3.63) is 41.5 Å². The van der Waals surface area contributed by atoms with Crippen LogP contribution in [-0.2, 0) is 0 Å². The molecule has 2 aliphatic rings. The van der Waals surface area contributed by atoms with Crippen LogP contribution in [0.4, 0.5) is 5.82 Å². The molecule has 5 rings (SSSR count). The molecule has 6 nitrogen and oxygen atoms in total. The van der Waals surface area contributed by atoms with Crippen LogP contribution >= 0.6 is 11.3 Å². The molecule has 0 unspecified atom stereocenters. The van der Waals surface area contributed by atoms with E-state index in [9.17, 15) is 5.11 Å². The van der Waals surface area contributed by atoms with Gasteiger partial charge in [-0.15, -0.1) is 21.5 Å². The second kappa shape index (κ2) is 7.72. The highest BCUT2D eigenvalue weighted by Gasteiger charge is 2.27. The molecule has 150 valence electrons. The Balaban J connectivity index is 1.27. The Morgan fingerprint density at radius 3 is 2.76 bits per heavy atom. The van der Waals surface area contributed by atoms with E-state index >= 15 is 0 Å². The number of nitrogens with one attached hydrogen (secondary N) is 1. The van der Waals surface area contributed by atoms with E-state index in [-0.39, 0.29) is 5.75 Å². The van der Waals surface area contributed by atoms with Crippen LogP contribution in [0.1, 0.15) is 24.3 Å². The SMILES string of the molecule is Cc1ncc(-c2ccc(-c3ccc(N4CC[C@H](NCC5CC5)C4)nn3)c(O)c2)s1. The van der Waals surface area contributed by atoms with Gasteiger partial charge in [0.15, 0.2) is 5.82 Å². The minimum Gasteiger partial charge on any atom is -0.507 e. The zero-order valence-corrected chi connectivity index (χ0v) is 17.3. The van der Waals surface area contributed by atoms with Gasteiger partial charge in [-0.1, -0.05) is 6.07 Å². The van der Waals surface area contributed by atoms with Crippen molar-refractivity contribution in [3.63, 3.8) is 0 Å². The van der Waals surface area contributed by atoms with Crippen molar-refractivity contribution >= 4 is 17.2 Å². The molecule has 0 amide bonds. The maximum absolute atomic E-state index is 10.5. The van der Waals surface area contributed by atoms with Crippen LogP contribution in [0.3, 0.4) is 0 Å². The number of phenolic OH excluding ortho intramolecular Hbond substituents is 1. The molecular formula is C22H25N5OS. The fourth-order valence-corrected chi connectivity index (χ4v) is 4.60. The maximum atomic E-state index is 10.5. The smallest absolute Gasteiger partial charge is 0.151 e. The topological polar surface area (TPSA) is 74.2 Å². The molecule has 7 heteroatoms. The predicted octanol–water partition coefficient (Wildman–Crippen LogP) is 3.86. The van der Waals surface area contributed by atoms with Gasteiger partial charge in [0.05, 0.1) is 15.6 Å². The Bertz CT molecular complexity index is 999. The van der Waals surface area contributed by atoms with E-state index in [0.29, 0.717) is 17.3 Å². The van der Waals surface area contributed by atoms with Crippen LogP contribution in [0.2, 0.25) is 0 Å². The summed E-state index contributed by atoms with van der Waals surface area (Å²) in [7, 11) is 0. The van der Waals surface area contributed by atoms with E-state index in [0.717, 1.165) is 53.2 Å². The van der Waals surface area contributed by atoms with Crippen LogP contribution in [0.15, 0.2) is 36.5 Å². The van der Waals surface area contributed by atoms with E-state index in [1.54, 1.807) is 17.4 Å². The average Bonchev–Trinajstić information content (AvgIpc) is 3.26. The first-order valence-corrected chi connectivity index (χ1v) is 11.1. The molecule has 29 heavy (non-hydrogen) atoms. The number of thiazole rings is 1. The monoisotopic (exact) mass is 407 g/mol. The highest BCUT2D eigenvalue weighted by Crippen LogP contribution is 2.34. The minimum absolute atomic E-state index is 0.209. The zero-order valence-electron chi connectivity index (χ0n) is 16.5. The number of hydrogen-bond acceptors (Lipinski definition) is 7. The van der Waals surface area contributed by atoms with Gasteiger partial charge in [-0.2, -0.15) is 0 Å². The third-order valence-corrected chi connectivity index (χ3v) is 6.70. The van der Waals surface area contributed by atoms with Crippen molar-refractivity contribution in [1.82, 2.24) is 20.5 Å². The van der Waals surface area contributed by atoms with E-state index < -0.39 is 0 Å². The number of benzene rings is 1. The van der Waals surface area contributed by atoms with Gasteiger partial charge in [0, 0.05) is 30.9 Å². The molecule has 1 atom stereocenters. The van der Waals surface area contributed by atoms with E-state index in [1.807, 2.05) is 37.4 Å². The normalized spacial score (nSPS) is 19.1. The second-order valence-corrected chi connectivity index (χ2v) is 9.27. The summed E-state index contributed by atoms with van der Waals surface area (Å²) >= 11 is 1.61. The van der Waals surface area contributed by atoms with Crippen LogP contribution in [0, 0.1) is 12.8 Å². The largest absolute Gasteiger partial charge is 0.507 e. The van der Waals surface area contributed by atoms with E-state index in [4.69, 9.17) is 0 Å². The molecule has 1 saturated carbocycles. The van der Waals surface area contributed by atoms with Gasteiger partial charge in [-0.25, -0.2) is 4.98 Å². The molecule has 2 fully saturated rings. The second-order valence-electron chi connectivity index (χ2n) is 8.04. The van der Waals surface area contributed by atoms with Crippen molar-refractivity contribution in [2.24, 2.45) is 5.92 Å². The molecule has 3 heterocycles. The number of nitrogens with zero attached hydrogens (tertiary/aromatic N) is 4. The van der Waals surface area contributed by atoms with Crippen molar-refractivity contribution < 1.29 is 5.11 Å². The highest BCUT2D eigenvalue weighted by atomic mass is 32.1. The van der Waals surface area contributed by atoms with Crippen LogP contribution in [-0.4, -0.2) is 46.0 Å². The molecule has 1 saturated heterocycles. The molecule has 0 spiro atoms. The zero-order chi connectivity index (χ0) is 19.8. The van der Waals surface area contributed by atoms with Gasteiger partial charge in [-0.05, 0) is 68.5 Å². The van der Waals surface area contributed by atoms with E-state index in [2.05, 4.69) is 25.4 Å². The summed E-state index contributed by atoms with van der Waals surface area (Å²) in [5, 5.41) is 24.0. The molecule has 1 aliphatic carbocycles. The van der Waals surface area contributed by atoms with Gasteiger partial charge in [0.1, 0.15) is 5.75 Å². The Labute approximate surface area is 174 Å². The number of hydrogen-bond donors (Lipinski definition) is 2. The Morgan fingerprint density at radius 2 is 2.07 bits per heavy atom. The number of anilines is 1. The van der Waals surface area contributed by atoms with Crippen molar-refractivity contribution in [1.29, 1.82) is 0 Å². The van der Waals surface area contributed by atoms with E-state index in [1.165, 1.54) is 12.8 Å². The Morgan fingerprint density at radius 1 is 1.17 bits per heavy atom. The summed E-state index contributed by atoms with van der Waals surface area (Å²) in [4.78, 5) is 7.62. The number of rotatable bonds is 6. The Kier molecular flexibility index (Phi) is 4.93. The van der Waals surface area contributed by atoms with Gasteiger partial charge in [0.2, 0.25) is 0 Å². The predicted molar refractivity (Wildman–Crippen MR) is 116 cm³/mol. The van der Waals surface area contributed by atoms with Gasteiger partial charge < -0.3 is 15.3 Å². The lowest BCUT2D eigenvalue weighted by Crippen LogP contribution is -2.34. The number of phenols is 1. The quantitative estimate of drug-likeness (QED) is 0.646. The van der Waals surface area contributed by atoms with Gasteiger partial charge >= 0.3 is 0 Å².